The summed E-state index contributed by atoms with van der Waals surface area (Å²) < 4.78 is 0. The summed E-state index contributed by atoms with van der Waals surface area (Å²) in [6.07, 6.45) is 2.03. The van der Waals surface area contributed by atoms with Gasteiger partial charge in [-0.15, -0.1) is 0 Å². The number of benzene rings is 1. The Kier molecular flexibility index (Phi) is 3.82. The van der Waals surface area contributed by atoms with Crippen LogP contribution in [0.1, 0.15) is 12.0 Å². The summed E-state index contributed by atoms with van der Waals surface area (Å²) in [6, 6.07) is 12.3. The van der Waals surface area contributed by atoms with Gasteiger partial charge >= 0.3 is 0 Å². The second-order valence-corrected chi connectivity index (χ2v) is 2.58. The van der Waals surface area contributed by atoms with Crippen molar-refractivity contribution in [2.45, 2.75) is 12.8 Å². The van der Waals surface area contributed by atoms with E-state index in [1.807, 2.05) is 24.2 Å². The van der Waals surface area contributed by atoms with Crippen LogP contribution >= 0.6 is 0 Å². The predicted molar refractivity (Wildman–Crippen MR) is 49.8 cm³/mol. The van der Waals surface area contributed by atoms with Crippen molar-refractivity contribution in [3.05, 3.63) is 35.9 Å². The molecule has 0 aliphatic heterocycles. The normalized spacial score (nSPS) is 9.00. The van der Waals surface area contributed by atoms with Crippen LogP contribution in [0.3, 0.4) is 0 Å². The Morgan fingerprint density at radius 2 is 2.00 bits per heavy atom. The summed E-state index contributed by atoms with van der Waals surface area (Å²) in [5.74, 6) is 0. The number of aliphatic imine (C=N–C) groups is 1. The van der Waals surface area contributed by atoms with Gasteiger partial charge in [-0.3, -0.25) is 0 Å². The van der Waals surface area contributed by atoms with Gasteiger partial charge in [0.15, 0.2) is 0 Å². The molecule has 12 heavy (non-hydrogen) atoms. The maximum absolute atomic E-state index is 6.57. The minimum absolute atomic E-state index is 0.707. The highest BCUT2D eigenvalue weighted by atomic mass is 14.7. The van der Waals surface area contributed by atoms with E-state index in [0.29, 0.717) is 6.54 Å². The van der Waals surface area contributed by atoms with Gasteiger partial charge in [0.2, 0.25) is 0 Å². The van der Waals surface area contributed by atoms with Crippen molar-refractivity contribution in [3.63, 3.8) is 0 Å². The van der Waals surface area contributed by atoms with Gasteiger partial charge in [0, 0.05) is 0 Å². The van der Waals surface area contributed by atoms with E-state index in [1.54, 1.807) is 0 Å². The molecule has 0 saturated carbocycles. The first-order valence-corrected chi connectivity index (χ1v) is 4.05. The lowest BCUT2D eigenvalue weighted by molar-refractivity contribution is 0.836. The van der Waals surface area contributed by atoms with E-state index in [9.17, 15) is 0 Å². The number of hydrogen-bond donors (Lipinski definition) is 1. The molecule has 0 atom stereocenters. The molecule has 1 aromatic rings. The van der Waals surface area contributed by atoms with Crippen LogP contribution in [0.4, 0.5) is 0 Å². The van der Waals surface area contributed by atoms with E-state index in [1.165, 1.54) is 5.56 Å². The zero-order valence-electron chi connectivity index (χ0n) is 6.96. The van der Waals surface area contributed by atoms with Crippen molar-refractivity contribution < 1.29 is 0 Å². The van der Waals surface area contributed by atoms with Crippen LogP contribution in [0.15, 0.2) is 35.3 Å². The van der Waals surface area contributed by atoms with Crippen molar-refractivity contribution in [3.8, 4) is 0 Å². The molecule has 0 aromatic heterocycles. The van der Waals surface area contributed by atoms with E-state index in [0.717, 1.165) is 12.8 Å². The molecule has 0 unspecified atom stereocenters. The Morgan fingerprint density at radius 1 is 1.25 bits per heavy atom. The molecule has 0 aliphatic carbocycles. The molecule has 0 heterocycles. The minimum Gasteiger partial charge on any atom is -0.242 e. The van der Waals surface area contributed by atoms with Crippen LogP contribution < -0.4 is 0 Å². The van der Waals surface area contributed by atoms with Gasteiger partial charge in [-0.25, -0.2) is 10.4 Å². The molecule has 0 radical (unpaired) electrons. The van der Waals surface area contributed by atoms with Gasteiger partial charge < -0.3 is 0 Å². The maximum Gasteiger partial charge on any atom is 0.0861 e. The molecule has 62 valence electrons. The summed E-state index contributed by atoms with van der Waals surface area (Å²) >= 11 is 0. The highest BCUT2D eigenvalue weighted by Crippen LogP contribution is 2.01. The zero-order chi connectivity index (χ0) is 8.65. The maximum atomic E-state index is 6.57. The van der Waals surface area contributed by atoms with Gasteiger partial charge in [0.25, 0.3) is 0 Å². The molecule has 0 amide bonds. The molecular formula is C10H12N2. The Morgan fingerprint density at radius 3 is 2.67 bits per heavy atom. The average molecular weight is 160 g/mol. The van der Waals surface area contributed by atoms with Crippen molar-refractivity contribution in [2.75, 3.05) is 6.54 Å². The van der Waals surface area contributed by atoms with Gasteiger partial charge in [0.05, 0.1) is 12.6 Å². The third-order valence-electron chi connectivity index (χ3n) is 1.66. The van der Waals surface area contributed by atoms with Crippen molar-refractivity contribution >= 4 is 6.01 Å². The zero-order valence-corrected chi connectivity index (χ0v) is 6.96. The molecule has 0 fully saturated rings. The molecule has 1 rings (SSSR count). The Hall–Kier alpha value is -1.40. The second kappa shape index (κ2) is 5.28. The molecule has 1 aromatic carbocycles. The van der Waals surface area contributed by atoms with Crippen molar-refractivity contribution in [1.29, 1.82) is 5.41 Å². The highest BCUT2D eigenvalue weighted by molar-refractivity contribution is 5.35. The van der Waals surface area contributed by atoms with Gasteiger partial charge in [-0.2, -0.15) is 0 Å². The number of nitrogens with zero attached hydrogens (tertiary/aromatic N) is 1. The summed E-state index contributed by atoms with van der Waals surface area (Å²) in [7, 11) is 0. The monoisotopic (exact) mass is 160 g/mol. The highest BCUT2D eigenvalue weighted by Gasteiger charge is 1.89. The predicted octanol–water partition coefficient (Wildman–Crippen LogP) is 2.37. The fourth-order valence-corrected chi connectivity index (χ4v) is 1.06. The summed E-state index contributed by atoms with van der Waals surface area (Å²) in [5.41, 5.74) is 1.33. The molecule has 0 aliphatic rings. The first-order chi connectivity index (χ1) is 5.93. The van der Waals surface area contributed by atoms with Crippen molar-refractivity contribution in [1.82, 2.24) is 0 Å². The average Bonchev–Trinajstić information content (AvgIpc) is 2.14. The fraction of sp³-hybridized carbons (Fsp3) is 0.300. The van der Waals surface area contributed by atoms with Crippen LogP contribution in [0.2, 0.25) is 0 Å². The van der Waals surface area contributed by atoms with E-state index in [4.69, 9.17) is 5.41 Å². The SMILES string of the molecule is N=C=NCCCc1ccccc1. The van der Waals surface area contributed by atoms with Crippen LogP contribution in [0, 0.1) is 5.41 Å². The first kappa shape index (κ1) is 8.69. The van der Waals surface area contributed by atoms with Crippen LogP contribution in [-0.2, 0) is 6.42 Å². The molecule has 0 spiro atoms. The van der Waals surface area contributed by atoms with E-state index in [-0.39, 0.29) is 0 Å². The van der Waals surface area contributed by atoms with Crippen molar-refractivity contribution in [2.24, 2.45) is 4.99 Å². The molecule has 2 nitrogen and oxygen atoms in total. The molecule has 0 saturated heterocycles. The quantitative estimate of drug-likeness (QED) is 0.518. The van der Waals surface area contributed by atoms with Gasteiger partial charge in [-0.1, -0.05) is 30.3 Å². The van der Waals surface area contributed by atoms with E-state index < -0.39 is 0 Å². The number of hydrogen-bond acceptors (Lipinski definition) is 2. The number of rotatable bonds is 4. The Labute approximate surface area is 72.5 Å². The van der Waals surface area contributed by atoms with E-state index in [2.05, 4.69) is 17.1 Å². The van der Waals surface area contributed by atoms with Crippen LogP contribution in [0.5, 0.6) is 0 Å². The Balaban J connectivity index is 2.29. The van der Waals surface area contributed by atoms with E-state index >= 15 is 0 Å². The summed E-state index contributed by atoms with van der Waals surface area (Å²) in [5, 5.41) is 6.57. The topological polar surface area (TPSA) is 36.2 Å². The molecular weight excluding hydrogens is 148 g/mol. The fourth-order valence-electron chi connectivity index (χ4n) is 1.06. The number of nitrogens with one attached hydrogen (secondary N) is 1. The lowest BCUT2D eigenvalue weighted by Crippen LogP contribution is -1.87. The van der Waals surface area contributed by atoms with Crippen LogP contribution in [-0.4, -0.2) is 12.6 Å². The smallest absolute Gasteiger partial charge is 0.0861 e. The molecule has 2 heteroatoms. The lowest BCUT2D eigenvalue weighted by Gasteiger charge is -1.96. The standard InChI is InChI=1S/C10H12N2/c11-9-12-8-4-7-10-5-2-1-3-6-10/h1-3,5-6,11H,4,7-8H2. The molecule has 1 N–H and O–H groups in total. The van der Waals surface area contributed by atoms with Gasteiger partial charge in [0.1, 0.15) is 0 Å². The molecule has 0 bridgehead atoms. The largest absolute Gasteiger partial charge is 0.242 e. The summed E-state index contributed by atoms with van der Waals surface area (Å²) in [6.45, 7) is 0.707. The first-order valence-electron chi connectivity index (χ1n) is 4.05. The lowest BCUT2D eigenvalue weighted by atomic mass is 10.1. The summed E-state index contributed by atoms with van der Waals surface area (Å²) in [4.78, 5) is 3.70. The third-order valence-corrected chi connectivity index (χ3v) is 1.66. The third kappa shape index (κ3) is 3.13. The number of aryl methyl sites for hydroxylation is 1. The minimum atomic E-state index is 0.707. The Bertz CT molecular complexity index is 260. The van der Waals surface area contributed by atoms with Gasteiger partial charge in [-0.05, 0) is 18.4 Å². The van der Waals surface area contributed by atoms with Crippen LogP contribution in [0.25, 0.3) is 0 Å². The second-order valence-electron chi connectivity index (χ2n) is 2.58.